The first-order chi connectivity index (χ1) is 8.04. The quantitative estimate of drug-likeness (QED) is 0.746. The number of hydrogen-bond donors (Lipinski definition) is 0. The van der Waals surface area contributed by atoms with Crippen LogP contribution in [0.15, 0.2) is 49.3 Å². The molecule has 0 aliphatic heterocycles. The Labute approximate surface area is 103 Å². The molecule has 0 amide bonds. The van der Waals surface area contributed by atoms with Gasteiger partial charge in [-0.1, -0.05) is 31.4 Å². The molecule has 0 bridgehead atoms. The lowest BCUT2D eigenvalue weighted by Gasteiger charge is -2.23. The second-order valence-electron chi connectivity index (χ2n) is 4.12. The van der Waals surface area contributed by atoms with Crippen molar-refractivity contribution in [2.24, 2.45) is 0 Å². The second kappa shape index (κ2) is 6.21. The SMILES string of the molecule is C=CN(C)C(=C)CN(C)Cc1ccccc1F. The number of benzene rings is 1. The van der Waals surface area contributed by atoms with Crippen molar-refractivity contribution >= 4 is 0 Å². The maximum Gasteiger partial charge on any atom is 0.127 e. The molecule has 92 valence electrons. The smallest absolute Gasteiger partial charge is 0.127 e. The third-order valence-electron chi connectivity index (χ3n) is 2.62. The topological polar surface area (TPSA) is 6.48 Å². The summed E-state index contributed by atoms with van der Waals surface area (Å²) in [6.07, 6.45) is 1.71. The van der Waals surface area contributed by atoms with Crippen molar-refractivity contribution in [3.8, 4) is 0 Å². The summed E-state index contributed by atoms with van der Waals surface area (Å²) < 4.78 is 13.4. The minimum absolute atomic E-state index is 0.165. The highest BCUT2D eigenvalue weighted by molar-refractivity contribution is 5.17. The zero-order valence-electron chi connectivity index (χ0n) is 10.5. The normalized spacial score (nSPS) is 10.4. The van der Waals surface area contributed by atoms with Crippen LogP contribution in [0.4, 0.5) is 4.39 Å². The van der Waals surface area contributed by atoms with E-state index in [-0.39, 0.29) is 5.82 Å². The number of halogens is 1. The number of hydrogen-bond acceptors (Lipinski definition) is 2. The van der Waals surface area contributed by atoms with E-state index in [1.54, 1.807) is 18.3 Å². The van der Waals surface area contributed by atoms with Gasteiger partial charge in [0.15, 0.2) is 0 Å². The molecule has 3 heteroatoms. The molecule has 0 atom stereocenters. The van der Waals surface area contributed by atoms with Crippen LogP contribution in [0.3, 0.4) is 0 Å². The van der Waals surface area contributed by atoms with Gasteiger partial charge in [-0.25, -0.2) is 4.39 Å². The largest absolute Gasteiger partial charge is 0.354 e. The highest BCUT2D eigenvalue weighted by atomic mass is 19.1. The van der Waals surface area contributed by atoms with E-state index in [2.05, 4.69) is 13.2 Å². The van der Waals surface area contributed by atoms with Crippen molar-refractivity contribution in [3.63, 3.8) is 0 Å². The molecular formula is C14H19FN2. The van der Waals surface area contributed by atoms with E-state index < -0.39 is 0 Å². The van der Waals surface area contributed by atoms with Crippen molar-refractivity contribution in [1.29, 1.82) is 0 Å². The molecule has 0 spiro atoms. The van der Waals surface area contributed by atoms with E-state index in [1.807, 2.05) is 30.0 Å². The van der Waals surface area contributed by atoms with Crippen LogP contribution in [0.2, 0.25) is 0 Å². The van der Waals surface area contributed by atoms with Crippen molar-refractivity contribution in [3.05, 3.63) is 60.7 Å². The van der Waals surface area contributed by atoms with Gasteiger partial charge in [0.2, 0.25) is 0 Å². The average Bonchev–Trinajstić information content (AvgIpc) is 2.31. The molecule has 0 aliphatic rings. The first-order valence-electron chi connectivity index (χ1n) is 5.49. The predicted molar refractivity (Wildman–Crippen MR) is 69.8 cm³/mol. The highest BCUT2D eigenvalue weighted by Crippen LogP contribution is 2.10. The van der Waals surface area contributed by atoms with Gasteiger partial charge in [0.25, 0.3) is 0 Å². The highest BCUT2D eigenvalue weighted by Gasteiger charge is 2.07. The Bertz CT molecular complexity index is 401. The van der Waals surface area contributed by atoms with Gasteiger partial charge < -0.3 is 4.90 Å². The monoisotopic (exact) mass is 234 g/mol. The third kappa shape index (κ3) is 4.04. The molecule has 0 heterocycles. The molecule has 0 saturated carbocycles. The van der Waals surface area contributed by atoms with Gasteiger partial charge in [-0.3, -0.25) is 4.90 Å². The lowest BCUT2D eigenvalue weighted by atomic mass is 10.2. The lowest BCUT2D eigenvalue weighted by molar-refractivity contribution is 0.323. The van der Waals surface area contributed by atoms with E-state index in [9.17, 15) is 4.39 Å². The van der Waals surface area contributed by atoms with Crippen LogP contribution >= 0.6 is 0 Å². The van der Waals surface area contributed by atoms with Crippen molar-refractivity contribution < 1.29 is 4.39 Å². The number of likely N-dealkylation sites (N-methyl/N-ethyl adjacent to an activating group) is 2. The maximum absolute atomic E-state index is 13.4. The van der Waals surface area contributed by atoms with Crippen LogP contribution in [0.25, 0.3) is 0 Å². The first-order valence-corrected chi connectivity index (χ1v) is 5.49. The molecule has 0 fully saturated rings. The predicted octanol–water partition coefficient (Wildman–Crippen LogP) is 2.85. The fourth-order valence-electron chi connectivity index (χ4n) is 1.53. The van der Waals surface area contributed by atoms with Gasteiger partial charge >= 0.3 is 0 Å². The first kappa shape index (κ1) is 13.5. The van der Waals surface area contributed by atoms with E-state index >= 15 is 0 Å². The van der Waals surface area contributed by atoms with Crippen molar-refractivity contribution in [1.82, 2.24) is 9.80 Å². The number of rotatable bonds is 6. The second-order valence-corrected chi connectivity index (χ2v) is 4.12. The van der Waals surface area contributed by atoms with Gasteiger partial charge in [0.1, 0.15) is 5.82 Å². The zero-order valence-corrected chi connectivity index (χ0v) is 10.5. The van der Waals surface area contributed by atoms with Gasteiger partial charge in [-0.15, -0.1) is 0 Å². The van der Waals surface area contributed by atoms with Crippen LogP contribution in [-0.4, -0.2) is 30.4 Å². The summed E-state index contributed by atoms with van der Waals surface area (Å²) in [4.78, 5) is 3.87. The van der Waals surface area contributed by atoms with Gasteiger partial charge in [0, 0.05) is 31.4 Å². The van der Waals surface area contributed by atoms with Crippen LogP contribution in [0.5, 0.6) is 0 Å². The van der Waals surface area contributed by atoms with Crippen molar-refractivity contribution in [2.75, 3.05) is 20.6 Å². The molecule has 1 aromatic carbocycles. The molecule has 1 aromatic rings. The fraction of sp³-hybridized carbons (Fsp3) is 0.286. The molecule has 0 aromatic heterocycles. The molecule has 0 radical (unpaired) electrons. The Morgan fingerprint density at radius 3 is 2.59 bits per heavy atom. The minimum Gasteiger partial charge on any atom is -0.354 e. The molecule has 0 N–H and O–H groups in total. The Morgan fingerprint density at radius 2 is 2.00 bits per heavy atom. The van der Waals surface area contributed by atoms with Gasteiger partial charge in [-0.05, 0) is 19.3 Å². The molecule has 2 nitrogen and oxygen atoms in total. The van der Waals surface area contributed by atoms with E-state index in [4.69, 9.17) is 0 Å². The van der Waals surface area contributed by atoms with Gasteiger partial charge in [0.05, 0.1) is 0 Å². The van der Waals surface area contributed by atoms with Crippen LogP contribution in [0.1, 0.15) is 5.56 Å². The summed E-state index contributed by atoms with van der Waals surface area (Å²) in [5.74, 6) is -0.165. The van der Waals surface area contributed by atoms with E-state index in [1.165, 1.54) is 6.07 Å². The molecular weight excluding hydrogens is 215 g/mol. The lowest BCUT2D eigenvalue weighted by Crippen LogP contribution is -2.25. The fourth-order valence-corrected chi connectivity index (χ4v) is 1.53. The minimum atomic E-state index is -0.165. The number of nitrogens with zero attached hydrogens (tertiary/aromatic N) is 2. The molecule has 1 rings (SSSR count). The van der Waals surface area contributed by atoms with Crippen molar-refractivity contribution in [2.45, 2.75) is 6.54 Å². The Hall–Kier alpha value is -1.61. The van der Waals surface area contributed by atoms with Crippen LogP contribution in [0, 0.1) is 5.82 Å². The van der Waals surface area contributed by atoms with Crippen LogP contribution < -0.4 is 0 Å². The summed E-state index contributed by atoms with van der Waals surface area (Å²) >= 11 is 0. The Morgan fingerprint density at radius 1 is 1.35 bits per heavy atom. The molecule has 0 saturated heterocycles. The molecule has 0 aliphatic carbocycles. The maximum atomic E-state index is 13.4. The Kier molecular flexibility index (Phi) is 4.91. The van der Waals surface area contributed by atoms with Gasteiger partial charge in [-0.2, -0.15) is 0 Å². The third-order valence-corrected chi connectivity index (χ3v) is 2.62. The summed E-state index contributed by atoms with van der Waals surface area (Å²) in [5, 5.41) is 0. The Balaban J connectivity index is 2.56. The van der Waals surface area contributed by atoms with Crippen LogP contribution in [-0.2, 0) is 6.54 Å². The molecule has 0 unspecified atom stereocenters. The summed E-state index contributed by atoms with van der Waals surface area (Å²) in [6.45, 7) is 8.87. The average molecular weight is 234 g/mol. The summed E-state index contributed by atoms with van der Waals surface area (Å²) in [7, 11) is 3.83. The van der Waals surface area contributed by atoms with E-state index in [0.717, 1.165) is 5.70 Å². The summed E-state index contributed by atoms with van der Waals surface area (Å²) in [5.41, 5.74) is 1.63. The zero-order chi connectivity index (χ0) is 12.8. The molecule has 17 heavy (non-hydrogen) atoms. The van der Waals surface area contributed by atoms with E-state index in [0.29, 0.717) is 18.7 Å². The summed E-state index contributed by atoms with van der Waals surface area (Å²) in [6, 6.07) is 6.82. The standard InChI is InChI=1S/C14H19FN2/c1-5-17(4)12(2)10-16(3)11-13-8-6-7-9-14(13)15/h5-9H,1-2,10-11H2,3-4H3.